The first-order chi connectivity index (χ1) is 13.0. The van der Waals surface area contributed by atoms with Crippen molar-refractivity contribution in [2.75, 3.05) is 7.11 Å². The standard InChI is InChI=1S/C18H10F2N2O3S2/c1-24-14-5-12(19)10(4-13(14)20)11-7-21-6-8-2-9(25-16(8)11)3-15-17(23)22-18(26)27-15/h2-7H,1H3,(H,22,23,26)/b15-3-. The molecule has 0 spiro atoms. The van der Waals surface area contributed by atoms with Crippen LogP contribution >= 0.6 is 24.0 Å². The van der Waals surface area contributed by atoms with E-state index in [9.17, 15) is 13.6 Å². The van der Waals surface area contributed by atoms with Crippen molar-refractivity contribution in [3.63, 3.8) is 0 Å². The average Bonchev–Trinajstić information content (AvgIpc) is 3.18. The van der Waals surface area contributed by atoms with Gasteiger partial charge in [-0.1, -0.05) is 24.0 Å². The maximum Gasteiger partial charge on any atom is 0.263 e. The molecule has 1 aromatic carbocycles. The molecule has 1 N–H and O–H groups in total. The van der Waals surface area contributed by atoms with Crippen LogP contribution in [0.25, 0.3) is 28.2 Å². The SMILES string of the molecule is COc1cc(F)c(-c2cncc3cc(/C=C4\SC(=S)NC4=O)oc23)cc1F. The maximum absolute atomic E-state index is 14.5. The third-order valence-electron chi connectivity index (χ3n) is 3.89. The molecular formula is C18H10F2N2O3S2. The first kappa shape index (κ1) is 17.6. The topological polar surface area (TPSA) is 64.4 Å². The van der Waals surface area contributed by atoms with Gasteiger partial charge in [0.05, 0.1) is 12.0 Å². The lowest BCUT2D eigenvalue weighted by atomic mass is 10.0. The second-order valence-corrected chi connectivity index (χ2v) is 7.29. The molecule has 1 saturated heterocycles. The van der Waals surface area contributed by atoms with Crippen LogP contribution in [-0.2, 0) is 4.79 Å². The van der Waals surface area contributed by atoms with E-state index in [-0.39, 0.29) is 22.8 Å². The Morgan fingerprint density at radius 3 is 2.74 bits per heavy atom. The van der Waals surface area contributed by atoms with Crippen LogP contribution in [0.1, 0.15) is 5.76 Å². The number of ether oxygens (including phenoxy) is 1. The van der Waals surface area contributed by atoms with Gasteiger partial charge in [-0.3, -0.25) is 9.78 Å². The van der Waals surface area contributed by atoms with Gasteiger partial charge in [0.25, 0.3) is 5.91 Å². The van der Waals surface area contributed by atoms with E-state index in [1.165, 1.54) is 25.6 Å². The molecule has 4 rings (SSSR count). The van der Waals surface area contributed by atoms with E-state index in [0.717, 1.165) is 23.9 Å². The summed E-state index contributed by atoms with van der Waals surface area (Å²) in [6.07, 6.45) is 4.46. The van der Waals surface area contributed by atoms with E-state index in [0.29, 0.717) is 26.0 Å². The number of hydrogen-bond acceptors (Lipinski definition) is 6. The lowest BCUT2D eigenvalue weighted by molar-refractivity contribution is -0.115. The van der Waals surface area contributed by atoms with Crippen LogP contribution in [0.4, 0.5) is 8.78 Å². The molecule has 0 bridgehead atoms. The number of methoxy groups -OCH3 is 1. The fourth-order valence-electron chi connectivity index (χ4n) is 2.69. The first-order valence-electron chi connectivity index (χ1n) is 7.62. The van der Waals surface area contributed by atoms with Gasteiger partial charge in [-0.25, -0.2) is 8.78 Å². The highest BCUT2D eigenvalue weighted by Crippen LogP contribution is 2.35. The number of thioether (sulfide) groups is 1. The number of amides is 1. The van der Waals surface area contributed by atoms with Crippen molar-refractivity contribution in [2.45, 2.75) is 0 Å². The van der Waals surface area contributed by atoms with Crippen LogP contribution in [0.3, 0.4) is 0 Å². The lowest BCUT2D eigenvalue weighted by Gasteiger charge is -2.07. The van der Waals surface area contributed by atoms with Crippen LogP contribution in [0, 0.1) is 11.6 Å². The normalized spacial score (nSPS) is 15.6. The molecule has 2 aromatic heterocycles. The summed E-state index contributed by atoms with van der Waals surface area (Å²) in [5.41, 5.74) is 0.607. The second-order valence-electron chi connectivity index (χ2n) is 5.57. The number of aromatic nitrogens is 1. The molecule has 136 valence electrons. The van der Waals surface area contributed by atoms with E-state index >= 15 is 0 Å². The first-order valence-corrected chi connectivity index (χ1v) is 8.84. The summed E-state index contributed by atoms with van der Waals surface area (Å²) in [5, 5.41) is 3.10. The summed E-state index contributed by atoms with van der Waals surface area (Å²) >= 11 is 6.07. The minimum atomic E-state index is -0.702. The molecule has 0 unspecified atom stereocenters. The Balaban J connectivity index is 1.83. The minimum Gasteiger partial charge on any atom is -0.494 e. The van der Waals surface area contributed by atoms with Gasteiger partial charge in [-0.05, 0) is 12.1 Å². The van der Waals surface area contributed by atoms with Gasteiger partial charge in [0.2, 0.25) is 0 Å². The Kier molecular flexibility index (Phi) is 4.40. The summed E-state index contributed by atoms with van der Waals surface area (Å²) in [6.45, 7) is 0. The number of carbonyl (C=O) groups is 1. The van der Waals surface area contributed by atoms with Gasteiger partial charge in [-0.2, -0.15) is 0 Å². The smallest absolute Gasteiger partial charge is 0.263 e. The van der Waals surface area contributed by atoms with E-state index in [1.54, 1.807) is 6.07 Å². The number of halogens is 2. The average molecular weight is 404 g/mol. The Morgan fingerprint density at radius 2 is 2.04 bits per heavy atom. The zero-order chi connectivity index (χ0) is 19.1. The molecule has 1 fully saturated rings. The number of nitrogens with zero attached hydrogens (tertiary/aromatic N) is 1. The Bertz CT molecular complexity index is 1140. The molecule has 5 nitrogen and oxygen atoms in total. The summed E-state index contributed by atoms with van der Waals surface area (Å²) in [7, 11) is 1.26. The van der Waals surface area contributed by atoms with Crippen LogP contribution in [-0.4, -0.2) is 22.3 Å². The number of thiocarbonyl (C=S) groups is 1. The van der Waals surface area contributed by atoms with Crippen molar-refractivity contribution in [1.29, 1.82) is 0 Å². The Labute approximate surface area is 161 Å². The largest absolute Gasteiger partial charge is 0.494 e. The molecule has 3 heterocycles. The predicted octanol–water partition coefficient (Wildman–Crippen LogP) is 4.27. The molecule has 0 radical (unpaired) electrons. The zero-order valence-corrected chi connectivity index (χ0v) is 15.3. The van der Waals surface area contributed by atoms with Gasteiger partial charge in [0, 0.05) is 41.0 Å². The van der Waals surface area contributed by atoms with Gasteiger partial charge in [0.1, 0.15) is 21.5 Å². The van der Waals surface area contributed by atoms with Gasteiger partial charge < -0.3 is 14.5 Å². The van der Waals surface area contributed by atoms with Crippen LogP contribution in [0.15, 0.2) is 39.9 Å². The number of benzene rings is 1. The number of pyridine rings is 1. The molecule has 0 atom stereocenters. The molecule has 9 heteroatoms. The highest BCUT2D eigenvalue weighted by Gasteiger charge is 2.23. The fourth-order valence-corrected chi connectivity index (χ4v) is 3.71. The van der Waals surface area contributed by atoms with E-state index in [1.807, 2.05) is 0 Å². The lowest BCUT2D eigenvalue weighted by Crippen LogP contribution is -2.17. The van der Waals surface area contributed by atoms with Gasteiger partial charge in [0.15, 0.2) is 11.6 Å². The fraction of sp³-hybridized carbons (Fsp3) is 0.0556. The maximum atomic E-state index is 14.5. The molecule has 27 heavy (non-hydrogen) atoms. The van der Waals surface area contributed by atoms with Gasteiger partial charge >= 0.3 is 0 Å². The van der Waals surface area contributed by atoms with E-state index in [4.69, 9.17) is 21.4 Å². The highest BCUT2D eigenvalue weighted by molar-refractivity contribution is 8.26. The molecule has 1 aliphatic rings. The summed E-state index contributed by atoms with van der Waals surface area (Å²) < 4.78 is 39.4. The van der Waals surface area contributed by atoms with Crippen LogP contribution in [0.2, 0.25) is 0 Å². The van der Waals surface area contributed by atoms with Crippen molar-refractivity contribution in [1.82, 2.24) is 10.3 Å². The number of rotatable bonds is 3. The molecule has 1 amide bonds. The van der Waals surface area contributed by atoms with Crippen molar-refractivity contribution >= 4 is 51.3 Å². The molecule has 3 aromatic rings. The van der Waals surface area contributed by atoms with Crippen molar-refractivity contribution < 1.29 is 22.7 Å². The summed E-state index contributed by atoms with van der Waals surface area (Å²) in [4.78, 5) is 16.2. The molecule has 0 aliphatic carbocycles. The number of nitrogens with one attached hydrogen (secondary N) is 1. The van der Waals surface area contributed by atoms with E-state index < -0.39 is 11.6 Å². The van der Waals surface area contributed by atoms with Crippen molar-refractivity contribution in [2.24, 2.45) is 0 Å². The van der Waals surface area contributed by atoms with Crippen LogP contribution < -0.4 is 10.1 Å². The zero-order valence-electron chi connectivity index (χ0n) is 13.7. The molecule has 1 aliphatic heterocycles. The highest BCUT2D eigenvalue weighted by atomic mass is 32.2. The van der Waals surface area contributed by atoms with Crippen molar-refractivity contribution in [3.8, 4) is 16.9 Å². The third-order valence-corrected chi connectivity index (χ3v) is 5.05. The summed E-state index contributed by atoms with van der Waals surface area (Å²) in [6, 6.07) is 3.66. The number of fused-ring (bicyclic) bond motifs is 1. The number of furan rings is 1. The van der Waals surface area contributed by atoms with Crippen molar-refractivity contribution in [3.05, 3.63) is 52.9 Å². The Morgan fingerprint density at radius 1 is 1.22 bits per heavy atom. The third kappa shape index (κ3) is 3.19. The monoisotopic (exact) mass is 404 g/mol. The molecular weight excluding hydrogens is 394 g/mol. The van der Waals surface area contributed by atoms with Gasteiger partial charge in [-0.15, -0.1) is 0 Å². The summed E-state index contributed by atoms with van der Waals surface area (Å²) in [5.74, 6) is -1.51. The predicted molar refractivity (Wildman–Crippen MR) is 102 cm³/mol. The minimum absolute atomic E-state index is 0.00545. The van der Waals surface area contributed by atoms with E-state index in [2.05, 4.69) is 10.3 Å². The van der Waals surface area contributed by atoms with Crippen LogP contribution in [0.5, 0.6) is 5.75 Å². The number of hydrogen-bond donors (Lipinski definition) is 1. The second kappa shape index (κ2) is 6.75. The Hall–Kier alpha value is -2.78. The number of carbonyl (C=O) groups excluding carboxylic acids is 1. The quantitative estimate of drug-likeness (QED) is 0.520. The molecule has 0 saturated carbocycles.